The van der Waals surface area contributed by atoms with E-state index in [4.69, 9.17) is 15.3 Å². The number of hydrogen-bond acceptors (Lipinski definition) is 10. The molecule has 0 aromatic rings. The smallest absolute Gasteiger partial charge is 0.317 e. The molecule has 0 saturated heterocycles. The van der Waals surface area contributed by atoms with Gasteiger partial charge in [0.2, 0.25) is 11.8 Å². The van der Waals surface area contributed by atoms with Crippen LogP contribution in [0, 0.1) is 0 Å². The van der Waals surface area contributed by atoms with Gasteiger partial charge in [-0.25, -0.2) is 0 Å². The van der Waals surface area contributed by atoms with Gasteiger partial charge in [-0.05, 0) is 0 Å². The third kappa shape index (κ3) is 16.9. The van der Waals surface area contributed by atoms with E-state index in [1.54, 1.807) is 0 Å². The van der Waals surface area contributed by atoms with Gasteiger partial charge in [0.1, 0.15) is 12.6 Å². The highest BCUT2D eigenvalue weighted by molar-refractivity contribution is 5.81. The minimum atomic E-state index is -1.21. The molecule has 0 aliphatic carbocycles. The lowest BCUT2D eigenvalue weighted by Crippen LogP contribution is -2.47. The molecule has 186 valence electrons. The van der Waals surface area contributed by atoms with Gasteiger partial charge in [0.15, 0.2) is 0 Å². The number of hydrogen-bond donors (Lipinski definition) is 5. The molecule has 0 aromatic carbocycles. The Labute approximate surface area is 189 Å². The molecule has 0 aliphatic heterocycles. The van der Waals surface area contributed by atoms with Crippen molar-refractivity contribution < 1.29 is 48.9 Å². The second-order valence-corrected chi connectivity index (χ2v) is 6.82. The number of amides is 2. The molecule has 15 heteroatoms. The second-order valence-electron chi connectivity index (χ2n) is 6.82. The summed E-state index contributed by atoms with van der Waals surface area (Å²) >= 11 is 0. The van der Waals surface area contributed by atoms with Crippen LogP contribution < -0.4 is 10.6 Å². The predicted molar refractivity (Wildman–Crippen MR) is 110 cm³/mol. The summed E-state index contributed by atoms with van der Waals surface area (Å²) in [6.45, 7) is -2.54. The molecule has 33 heavy (non-hydrogen) atoms. The van der Waals surface area contributed by atoms with Crippen LogP contribution >= 0.6 is 0 Å². The van der Waals surface area contributed by atoms with E-state index >= 15 is 0 Å². The van der Waals surface area contributed by atoms with Crippen molar-refractivity contribution in [3.05, 3.63) is 0 Å². The molecule has 0 aromatic heterocycles. The average molecular weight is 475 g/mol. The third-order valence-corrected chi connectivity index (χ3v) is 4.04. The summed E-state index contributed by atoms with van der Waals surface area (Å²) in [5.74, 6) is -4.77. The fraction of sp³-hybridized carbons (Fsp3) is 0.611. The van der Waals surface area contributed by atoms with Gasteiger partial charge in [-0.15, -0.1) is 0 Å². The molecular weight excluding hydrogens is 446 g/mol. The van der Waals surface area contributed by atoms with Gasteiger partial charge in [-0.2, -0.15) is 0 Å². The zero-order valence-electron chi connectivity index (χ0n) is 18.0. The fourth-order valence-corrected chi connectivity index (χ4v) is 2.67. The quantitative estimate of drug-likeness (QED) is 0.106. The van der Waals surface area contributed by atoms with Gasteiger partial charge in [0.05, 0.1) is 45.8 Å². The Morgan fingerprint density at radius 2 is 0.848 bits per heavy atom. The van der Waals surface area contributed by atoms with Crippen LogP contribution in [0.4, 0.5) is 0 Å². The topological polar surface area (TPSA) is 214 Å². The zero-order valence-corrected chi connectivity index (χ0v) is 18.0. The number of aldehydes is 2. The van der Waals surface area contributed by atoms with Crippen LogP contribution in [0.1, 0.15) is 0 Å². The molecule has 0 heterocycles. The van der Waals surface area contributed by atoms with Crippen molar-refractivity contribution in [1.29, 1.82) is 0 Å². The van der Waals surface area contributed by atoms with Gasteiger partial charge >= 0.3 is 17.9 Å². The van der Waals surface area contributed by atoms with Crippen LogP contribution in [0.5, 0.6) is 0 Å². The van der Waals surface area contributed by atoms with Crippen LogP contribution in [0.25, 0.3) is 0 Å². The molecule has 0 saturated carbocycles. The molecule has 0 radical (unpaired) electrons. The van der Waals surface area contributed by atoms with Gasteiger partial charge in [-0.1, -0.05) is 0 Å². The van der Waals surface area contributed by atoms with Crippen molar-refractivity contribution in [3.8, 4) is 0 Å². The second kappa shape index (κ2) is 17.2. The number of carbonyl (C=O) groups is 7. The average Bonchev–Trinajstić information content (AvgIpc) is 2.71. The Morgan fingerprint density at radius 1 is 0.545 bits per heavy atom. The summed E-state index contributed by atoms with van der Waals surface area (Å²) in [7, 11) is 0. The molecule has 0 spiro atoms. The molecule has 0 aliphatic rings. The number of carbonyl (C=O) groups excluding carboxylic acids is 4. The number of rotatable bonds is 20. The Hall–Kier alpha value is -3.43. The summed E-state index contributed by atoms with van der Waals surface area (Å²) in [6.07, 6.45) is 0.937. The first-order valence-electron chi connectivity index (χ1n) is 9.80. The molecule has 0 unspecified atom stereocenters. The lowest BCUT2D eigenvalue weighted by molar-refractivity contribution is -0.141. The van der Waals surface area contributed by atoms with Gasteiger partial charge in [0, 0.05) is 26.2 Å². The highest BCUT2D eigenvalue weighted by atomic mass is 16.4. The highest BCUT2D eigenvalue weighted by Crippen LogP contribution is 1.97. The Kier molecular flexibility index (Phi) is 15.4. The summed E-state index contributed by atoms with van der Waals surface area (Å²) in [6, 6.07) is 0. The van der Waals surface area contributed by atoms with Crippen molar-refractivity contribution in [1.82, 2.24) is 25.3 Å². The fourth-order valence-electron chi connectivity index (χ4n) is 2.67. The van der Waals surface area contributed by atoms with Crippen LogP contribution in [0.3, 0.4) is 0 Å². The molecular formula is C18H29N5O10. The summed E-state index contributed by atoms with van der Waals surface area (Å²) < 4.78 is 0. The molecule has 2 amide bonds. The van der Waals surface area contributed by atoms with E-state index in [-0.39, 0.29) is 52.4 Å². The molecule has 0 atom stereocenters. The molecule has 15 nitrogen and oxygen atoms in total. The highest BCUT2D eigenvalue weighted by Gasteiger charge is 2.19. The van der Waals surface area contributed by atoms with Crippen LogP contribution in [-0.4, -0.2) is 144 Å². The van der Waals surface area contributed by atoms with Gasteiger partial charge in [-0.3, -0.25) is 38.7 Å². The van der Waals surface area contributed by atoms with Gasteiger partial charge < -0.3 is 35.5 Å². The molecule has 0 rings (SSSR count). The molecule has 5 N–H and O–H groups in total. The normalized spacial score (nSPS) is 10.8. The number of nitrogens with one attached hydrogen (secondary N) is 2. The van der Waals surface area contributed by atoms with Crippen molar-refractivity contribution in [3.63, 3.8) is 0 Å². The first kappa shape index (κ1) is 29.6. The maximum atomic E-state index is 11.8. The maximum absolute atomic E-state index is 11.8. The Morgan fingerprint density at radius 3 is 1.15 bits per heavy atom. The SMILES string of the molecule is O=CCNC(=O)CN(CCN(CCN(CC(=O)O)CC(=O)NCC=O)CC(=O)O)CC(=O)O. The van der Waals surface area contributed by atoms with E-state index in [0.29, 0.717) is 12.6 Å². The third-order valence-electron chi connectivity index (χ3n) is 4.04. The van der Waals surface area contributed by atoms with Gasteiger partial charge in [0.25, 0.3) is 0 Å². The van der Waals surface area contributed by atoms with Crippen molar-refractivity contribution in [2.24, 2.45) is 0 Å². The van der Waals surface area contributed by atoms with Crippen LogP contribution in [0.15, 0.2) is 0 Å². The number of carboxylic acid groups (broad SMARTS) is 3. The Bertz CT molecular complexity index is 652. The molecule has 0 bridgehead atoms. The van der Waals surface area contributed by atoms with E-state index in [0.717, 1.165) is 0 Å². The summed E-state index contributed by atoms with van der Waals surface area (Å²) in [4.78, 5) is 81.5. The predicted octanol–water partition coefficient (Wildman–Crippen LogP) is -4.22. The summed E-state index contributed by atoms with van der Waals surface area (Å²) in [5.41, 5.74) is 0. The minimum Gasteiger partial charge on any atom is -0.480 e. The van der Waals surface area contributed by atoms with E-state index in [9.17, 15) is 33.6 Å². The zero-order chi connectivity index (χ0) is 25.2. The number of nitrogens with zero attached hydrogens (tertiary/aromatic N) is 3. The first-order valence-corrected chi connectivity index (χ1v) is 9.80. The number of carboxylic acids is 3. The lowest BCUT2D eigenvalue weighted by atomic mass is 10.3. The lowest BCUT2D eigenvalue weighted by Gasteiger charge is -2.27. The Balaban J connectivity index is 5.05. The monoisotopic (exact) mass is 475 g/mol. The number of aliphatic carboxylic acids is 3. The minimum absolute atomic E-state index is 0.00710. The largest absolute Gasteiger partial charge is 0.480 e. The first-order chi connectivity index (χ1) is 15.6. The van der Waals surface area contributed by atoms with E-state index in [1.807, 2.05) is 0 Å². The van der Waals surface area contributed by atoms with Crippen LogP contribution in [-0.2, 0) is 33.6 Å². The van der Waals surface area contributed by atoms with Crippen molar-refractivity contribution in [2.75, 3.05) is 72.0 Å². The van der Waals surface area contributed by atoms with E-state index in [1.165, 1.54) is 14.7 Å². The maximum Gasteiger partial charge on any atom is 0.317 e. The van der Waals surface area contributed by atoms with Crippen molar-refractivity contribution in [2.45, 2.75) is 0 Å². The van der Waals surface area contributed by atoms with Crippen LogP contribution in [0.2, 0.25) is 0 Å². The van der Waals surface area contributed by atoms with Crippen molar-refractivity contribution >= 4 is 42.3 Å². The summed E-state index contributed by atoms with van der Waals surface area (Å²) in [5, 5.41) is 31.7. The van der Waals surface area contributed by atoms with E-state index in [2.05, 4.69) is 10.6 Å². The molecule has 0 fully saturated rings. The standard InChI is InChI=1S/C18H29N5O10/c24-7-1-19-14(26)9-22(12-17(30)31)5-3-21(11-16(28)29)4-6-23(13-18(32)33)10-15(27)20-2-8-25/h7-8H,1-6,9-13H2,(H,19,26)(H,20,27)(H,28,29)(H,30,31)(H,32,33). The van der Waals surface area contributed by atoms with E-state index < -0.39 is 49.4 Å².